The number of amides is 1. The first-order chi connectivity index (χ1) is 3.70. The predicted molar refractivity (Wildman–Crippen MR) is 28.7 cm³/mol. The van der Waals surface area contributed by atoms with E-state index in [9.17, 15) is 4.79 Å². The van der Waals surface area contributed by atoms with Gasteiger partial charge in [-0.15, -0.1) is 5.43 Å². The lowest BCUT2D eigenvalue weighted by atomic mass is 10.4. The van der Waals surface area contributed by atoms with Crippen LogP contribution in [-0.4, -0.2) is 18.0 Å². The molecule has 0 aromatic carbocycles. The van der Waals surface area contributed by atoms with Crippen molar-refractivity contribution in [2.24, 2.45) is 0 Å². The number of hydrogen-bond donors (Lipinski definition) is 0. The second-order valence-corrected chi connectivity index (χ2v) is 1.75. The van der Waals surface area contributed by atoms with Gasteiger partial charge in [-0.2, -0.15) is 0 Å². The van der Waals surface area contributed by atoms with Crippen LogP contribution in [0.15, 0.2) is 11.8 Å². The maximum absolute atomic E-state index is 10.4. The molecule has 1 aliphatic rings. The van der Waals surface area contributed by atoms with Crippen molar-refractivity contribution < 1.29 is 4.79 Å². The van der Waals surface area contributed by atoms with Gasteiger partial charge in [-0.25, -0.2) is 0 Å². The first kappa shape index (κ1) is 5.15. The summed E-state index contributed by atoms with van der Waals surface area (Å²) in [6, 6.07) is 0. The zero-order chi connectivity index (χ0) is 6.15. The van der Waals surface area contributed by atoms with E-state index in [1.54, 1.807) is 12.1 Å². The van der Waals surface area contributed by atoms with Gasteiger partial charge in [0.25, 0.3) is 5.91 Å². The largest absolute Gasteiger partial charge is 0.288 e. The van der Waals surface area contributed by atoms with Gasteiger partial charge >= 0.3 is 0 Å². The Labute approximate surface area is 47.9 Å². The number of hydrogen-bond acceptors (Lipinski definition) is 2. The van der Waals surface area contributed by atoms with E-state index in [1.165, 1.54) is 6.08 Å². The highest BCUT2D eigenvalue weighted by Gasteiger charge is 2.13. The molecular weight excluding hydrogens is 104 g/mol. The monoisotopic (exact) mass is 111 g/mol. The molecule has 1 aliphatic heterocycles. The lowest BCUT2D eigenvalue weighted by Gasteiger charge is -2.06. The van der Waals surface area contributed by atoms with E-state index in [0.29, 0.717) is 0 Å². The highest BCUT2D eigenvalue weighted by molar-refractivity contribution is 5.89. The highest BCUT2D eigenvalue weighted by Crippen LogP contribution is 2.03. The van der Waals surface area contributed by atoms with Crippen LogP contribution in [0.2, 0.25) is 0 Å². The zero-order valence-corrected chi connectivity index (χ0v) is 4.88. The quantitative estimate of drug-likeness (QED) is 0.437. The molecule has 1 rings (SSSR count). The van der Waals surface area contributed by atoms with Crippen molar-refractivity contribution in [2.75, 3.05) is 7.05 Å². The summed E-state index contributed by atoms with van der Waals surface area (Å²) in [5, 5.41) is 1.56. The molecular formula is C5H7N2O. The topological polar surface area (TPSA) is 34.4 Å². The smallest absolute Gasteiger partial charge is 0.269 e. The van der Waals surface area contributed by atoms with Crippen LogP contribution >= 0.6 is 0 Å². The van der Waals surface area contributed by atoms with Gasteiger partial charge in [-0.05, 0) is 6.92 Å². The van der Waals surface area contributed by atoms with Gasteiger partial charge in [0, 0.05) is 18.8 Å². The van der Waals surface area contributed by atoms with E-state index in [4.69, 9.17) is 0 Å². The molecule has 0 bridgehead atoms. The first-order valence-corrected chi connectivity index (χ1v) is 2.38. The second-order valence-electron chi connectivity index (χ2n) is 1.75. The molecule has 0 N–H and O–H groups in total. The third-order valence-electron chi connectivity index (χ3n) is 1.09. The average Bonchev–Trinajstić information content (AvgIpc) is 1.85. The maximum atomic E-state index is 10.4. The van der Waals surface area contributed by atoms with Crippen molar-refractivity contribution in [1.29, 1.82) is 0 Å². The Morgan fingerprint density at radius 2 is 2.38 bits per heavy atom. The lowest BCUT2D eigenvalue weighted by molar-refractivity contribution is -0.118. The first-order valence-electron chi connectivity index (χ1n) is 2.38. The van der Waals surface area contributed by atoms with E-state index < -0.39 is 0 Å². The molecule has 0 saturated carbocycles. The zero-order valence-electron chi connectivity index (χ0n) is 4.88. The van der Waals surface area contributed by atoms with E-state index in [1.807, 2.05) is 6.92 Å². The number of allylic oxidation sites excluding steroid dienone is 1. The van der Waals surface area contributed by atoms with E-state index in [2.05, 4.69) is 5.43 Å². The summed E-state index contributed by atoms with van der Waals surface area (Å²) in [4.78, 5) is 10.4. The Morgan fingerprint density at radius 1 is 1.75 bits per heavy atom. The van der Waals surface area contributed by atoms with Gasteiger partial charge in [0.2, 0.25) is 0 Å². The van der Waals surface area contributed by atoms with Crippen LogP contribution in [0, 0.1) is 0 Å². The van der Waals surface area contributed by atoms with Crippen molar-refractivity contribution in [1.82, 2.24) is 10.4 Å². The van der Waals surface area contributed by atoms with Crippen molar-refractivity contribution in [3.05, 3.63) is 11.8 Å². The summed E-state index contributed by atoms with van der Waals surface area (Å²) in [5.74, 6) is -0.162. The van der Waals surface area contributed by atoms with Crippen molar-refractivity contribution in [2.45, 2.75) is 6.92 Å². The molecule has 0 unspecified atom stereocenters. The molecule has 0 saturated heterocycles. The van der Waals surface area contributed by atoms with E-state index >= 15 is 0 Å². The Morgan fingerprint density at radius 3 is 2.50 bits per heavy atom. The molecule has 8 heavy (non-hydrogen) atoms. The Bertz CT molecular complexity index is 151. The normalized spacial score (nSPS) is 18.5. The summed E-state index contributed by atoms with van der Waals surface area (Å²) < 4.78 is 0. The molecule has 0 aliphatic carbocycles. The number of nitrogens with zero attached hydrogens (tertiary/aromatic N) is 2. The third kappa shape index (κ3) is 0.665. The van der Waals surface area contributed by atoms with Gasteiger partial charge in [0.1, 0.15) is 0 Å². The van der Waals surface area contributed by atoms with Crippen LogP contribution in [0.5, 0.6) is 0 Å². The van der Waals surface area contributed by atoms with Crippen molar-refractivity contribution >= 4 is 5.91 Å². The molecule has 0 aromatic rings. The van der Waals surface area contributed by atoms with Gasteiger partial charge in [0.15, 0.2) is 0 Å². The Hall–Kier alpha value is -0.990. The van der Waals surface area contributed by atoms with Crippen LogP contribution < -0.4 is 5.43 Å². The number of rotatable bonds is 0. The summed E-state index contributed by atoms with van der Waals surface area (Å²) in [5.41, 5.74) is 4.47. The summed E-state index contributed by atoms with van der Waals surface area (Å²) in [7, 11) is 1.75. The molecule has 0 fully saturated rings. The fourth-order valence-corrected chi connectivity index (χ4v) is 0.528. The molecule has 1 heterocycles. The molecule has 1 amide bonds. The second kappa shape index (κ2) is 1.51. The SMILES string of the molecule is CC1=CC(=O)[N]N1C. The minimum atomic E-state index is -0.162. The Kier molecular flexibility index (Phi) is 0.970. The molecule has 0 spiro atoms. The minimum absolute atomic E-state index is 0.162. The van der Waals surface area contributed by atoms with Gasteiger partial charge in [-0.1, -0.05) is 0 Å². The number of carbonyl (C=O) groups excluding carboxylic acids is 1. The van der Waals surface area contributed by atoms with Crippen molar-refractivity contribution in [3.63, 3.8) is 0 Å². The van der Waals surface area contributed by atoms with Gasteiger partial charge in [-0.3, -0.25) is 9.80 Å². The minimum Gasteiger partial charge on any atom is -0.269 e. The highest BCUT2D eigenvalue weighted by atomic mass is 16.2. The molecule has 1 radical (unpaired) electrons. The van der Waals surface area contributed by atoms with Crippen LogP contribution in [0.3, 0.4) is 0 Å². The van der Waals surface area contributed by atoms with Crippen LogP contribution in [0.25, 0.3) is 0 Å². The predicted octanol–water partition coefficient (Wildman–Crippen LogP) is -0.118. The fourth-order valence-electron chi connectivity index (χ4n) is 0.528. The summed E-state index contributed by atoms with van der Waals surface area (Å²) in [6.45, 7) is 1.84. The Balaban J connectivity index is 2.73. The van der Waals surface area contributed by atoms with E-state index in [0.717, 1.165) is 5.70 Å². The molecule has 3 heteroatoms. The molecule has 3 nitrogen and oxygen atoms in total. The third-order valence-corrected chi connectivity index (χ3v) is 1.09. The fraction of sp³-hybridized carbons (Fsp3) is 0.400. The lowest BCUT2D eigenvalue weighted by Crippen LogP contribution is -2.22. The van der Waals surface area contributed by atoms with E-state index in [-0.39, 0.29) is 5.91 Å². The van der Waals surface area contributed by atoms with Crippen LogP contribution in [0.4, 0.5) is 0 Å². The standard InChI is InChI=1S/C5H7N2O/c1-4-3-5(8)6-7(4)2/h3H,1-2H3. The molecule has 43 valence electrons. The van der Waals surface area contributed by atoms with Crippen LogP contribution in [-0.2, 0) is 4.79 Å². The molecule has 0 aromatic heterocycles. The molecule has 0 atom stereocenters. The van der Waals surface area contributed by atoms with Gasteiger partial charge < -0.3 is 0 Å². The van der Waals surface area contributed by atoms with Crippen molar-refractivity contribution in [3.8, 4) is 0 Å². The van der Waals surface area contributed by atoms with Crippen LogP contribution in [0.1, 0.15) is 6.92 Å². The number of carbonyl (C=O) groups is 1. The summed E-state index contributed by atoms with van der Waals surface area (Å²) >= 11 is 0. The van der Waals surface area contributed by atoms with Gasteiger partial charge in [0.05, 0.1) is 0 Å². The summed E-state index contributed by atoms with van der Waals surface area (Å²) in [6.07, 6.45) is 1.50. The average molecular weight is 111 g/mol. The maximum Gasteiger partial charge on any atom is 0.288 e.